The normalized spacial score (nSPS) is 16.0. The fraction of sp³-hybridized carbons (Fsp3) is 0.267. The molecular formula is C15H15ClN4O. The Morgan fingerprint density at radius 3 is 2.52 bits per heavy atom. The SMILES string of the molecule is Nc1ccc(C2(NC(=O)c3ccc(Cl)nc3)CCC2)nc1. The molecule has 0 saturated heterocycles. The number of nitrogens with zero attached hydrogens (tertiary/aromatic N) is 2. The molecule has 0 aromatic carbocycles. The van der Waals surface area contributed by atoms with Crippen molar-refractivity contribution in [3.63, 3.8) is 0 Å². The number of carbonyl (C=O) groups is 1. The Hall–Kier alpha value is -2.14. The van der Waals surface area contributed by atoms with Gasteiger partial charge in [0.2, 0.25) is 0 Å². The molecule has 108 valence electrons. The minimum atomic E-state index is -0.398. The Kier molecular flexibility index (Phi) is 3.51. The van der Waals surface area contributed by atoms with E-state index in [2.05, 4.69) is 15.3 Å². The highest BCUT2D eigenvalue weighted by atomic mass is 35.5. The number of anilines is 1. The molecule has 1 aliphatic rings. The van der Waals surface area contributed by atoms with Gasteiger partial charge in [-0.05, 0) is 43.5 Å². The van der Waals surface area contributed by atoms with Crippen LogP contribution in [0.4, 0.5) is 5.69 Å². The van der Waals surface area contributed by atoms with Crippen molar-refractivity contribution in [3.8, 4) is 0 Å². The van der Waals surface area contributed by atoms with Crippen molar-refractivity contribution in [1.29, 1.82) is 0 Å². The standard InChI is InChI=1S/C15H15ClN4O/c16-13-5-2-10(8-19-13)14(21)20-15(6-1-7-15)12-4-3-11(17)9-18-12/h2-5,8-9H,1,6-7,17H2,(H,20,21). The zero-order valence-electron chi connectivity index (χ0n) is 11.3. The van der Waals surface area contributed by atoms with Crippen LogP contribution in [-0.4, -0.2) is 15.9 Å². The van der Waals surface area contributed by atoms with Gasteiger partial charge in [0.25, 0.3) is 5.91 Å². The first-order valence-electron chi connectivity index (χ1n) is 6.75. The average molecular weight is 303 g/mol. The number of carbonyl (C=O) groups excluding carboxylic acids is 1. The van der Waals surface area contributed by atoms with Crippen LogP contribution in [0.25, 0.3) is 0 Å². The van der Waals surface area contributed by atoms with E-state index in [-0.39, 0.29) is 5.91 Å². The summed E-state index contributed by atoms with van der Waals surface area (Å²) in [7, 11) is 0. The van der Waals surface area contributed by atoms with E-state index < -0.39 is 5.54 Å². The fourth-order valence-electron chi connectivity index (χ4n) is 2.46. The van der Waals surface area contributed by atoms with Crippen LogP contribution >= 0.6 is 11.6 Å². The number of aromatic nitrogens is 2. The van der Waals surface area contributed by atoms with E-state index in [0.717, 1.165) is 25.0 Å². The van der Waals surface area contributed by atoms with E-state index in [1.54, 1.807) is 24.4 Å². The van der Waals surface area contributed by atoms with Gasteiger partial charge in [0.1, 0.15) is 5.15 Å². The number of halogens is 1. The molecule has 6 heteroatoms. The quantitative estimate of drug-likeness (QED) is 0.854. The molecule has 0 radical (unpaired) electrons. The highest BCUT2D eigenvalue weighted by Crippen LogP contribution is 2.40. The fourth-order valence-corrected chi connectivity index (χ4v) is 2.58. The smallest absolute Gasteiger partial charge is 0.253 e. The molecule has 2 aromatic heterocycles. The Balaban J connectivity index is 1.82. The predicted octanol–water partition coefficient (Wildman–Crippen LogP) is 2.52. The molecule has 0 spiro atoms. The molecule has 1 saturated carbocycles. The van der Waals surface area contributed by atoms with Gasteiger partial charge in [0.15, 0.2) is 0 Å². The molecule has 1 amide bonds. The third-order valence-electron chi connectivity index (χ3n) is 3.83. The maximum absolute atomic E-state index is 12.4. The highest BCUT2D eigenvalue weighted by molar-refractivity contribution is 6.29. The van der Waals surface area contributed by atoms with Gasteiger partial charge in [-0.15, -0.1) is 0 Å². The largest absolute Gasteiger partial charge is 0.397 e. The predicted molar refractivity (Wildman–Crippen MR) is 80.9 cm³/mol. The first-order valence-corrected chi connectivity index (χ1v) is 7.13. The lowest BCUT2D eigenvalue weighted by Crippen LogP contribution is -2.51. The lowest BCUT2D eigenvalue weighted by molar-refractivity contribution is 0.0816. The van der Waals surface area contributed by atoms with Crippen LogP contribution in [0.15, 0.2) is 36.7 Å². The Morgan fingerprint density at radius 2 is 2.00 bits per heavy atom. The van der Waals surface area contributed by atoms with Crippen molar-refractivity contribution >= 4 is 23.2 Å². The number of nitrogen functional groups attached to an aromatic ring is 1. The van der Waals surface area contributed by atoms with Gasteiger partial charge in [0, 0.05) is 6.20 Å². The number of amides is 1. The summed E-state index contributed by atoms with van der Waals surface area (Å²) in [5, 5.41) is 3.44. The molecule has 0 bridgehead atoms. The first-order chi connectivity index (χ1) is 10.1. The summed E-state index contributed by atoms with van der Waals surface area (Å²) in [5.74, 6) is -0.169. The zero-order valence-corrected chi connectivity index (χ0v) is 12.1. The molecule has 3 rings (SSSR count). The minimum Gasteiger partial charge on any atom is -0.397 e. The molecule has 0 unspecified atom stereocenters. The van der Waals surface area contributed by atoms with E-state index in [1.807, 2.05) is 6.07 Å². The molecule has 5 nitrogen and oxygen atoms in total. The molecule has 2 aromatic rings. The number of nitrogens with one attached hydrogen (secondary N) is 1. The summed E-state index contributed by atoms with van der Waals surface area (Å²) >= 11 is 5.73. The topological polar surface area (TPSA) is 80.9 Å². The van der Waals surface area contributed by atoms with Gasteiger partial charge in [0.05, 0.1) is 28.7 Å². The third kappa shape index (κ3) is 2.69. The Bertz CT molecular complexity index is 650. The van der Waals surface area contributed by atoms with E-state index in [0.29, 0.717) is 16.4 Å². The number of hydrogen-bond donors (Lipinski definition) is 2. The van der Waals surface area contributed by atoms with Gasteiger partial charge in [-0.1, -0.05) is 11.6 Å². The van der Waals surface area contributed by atoms with E-state index in [9.17, 15) is 4.79 Å². The third-order valence-corrected chi connectivity index (χ3v) is 4.05. The van der Waals surface area contributed by atoms with E-state index in [1.165, 1.54) is 6.20 Å². The van der Waals surface area contributed by atoms with Crippen LogP contribution < -0.4 is 11.1 Å². The lowest BCUT2D eigenvalue weighted by Gasteiger charge is -2.42. The second-order valence-electron chi connectivity index (χ2n) is 5.24. The van der Waals surface area contributed by atoms with Crippen molar-refractivity contribution in [1.82, 2.24) is 15.3 Å². The number of hydrogen-bond acceptors (Lipinski definition) is 4. The summed E-state index contributed by atoms with van der Waals surface area (Å²) in [6, 6.07) is 6.94. The van der Waals surface area contributed by atoms with Crippen LogP contribution in [-0.2, 0) is 5.54 Å². The van der Waals surface area contributed by atoms with Crippen molar-refractivity contribution in [3.05, 3.63) is 53.1 Å². The van der Waals surface area contributed by atoms with Crippen LogP contribution in [0.3, 0.4) is 0 Å². The van der Waals surface area contributed by atoms with Crippen molar-refractivity contribution in [2.75, 3.05) is 5.73 Å². The molecule has 3 N–H and O–H groups in total. The molecule has 0 atom stereocenters. The van der Waals surface area contributed by atoms with Crippen molar-refractivity contribution < 1.29 is 4.79 Å². The van der Waals surface area contributed by atoms with Gasteiger partial charge >= 0.3 is 0 Å². The average Bonchev–Trinajstić information content (AvgIpc) is 2.44. The highest BCUT2D eigenvalue weighted by Gasteiger charge is 2.41. The molecule has 2 heterocycles. The number of nitrogens with two attached hydrogens (primary N) is 1. The molecule has 0 aliphatic heterocycles. The van der Waals surface area contributed by atoms with Crippen LogP contribution in [0.2, 0.25) is 5.15 Å². The number of pyridine rings is 2. The van der Waals surface area contributed by atoms with Gasteiger partial charge < -0.3 is 11.1 Å². The van der Waals surface area contributed by atoms with Crippen molar-refractivity contribution in [2.24, 2.45) is 0 Å². The van der Waals surface area contributed by atoms with Crippen LogP contribution in [0.1, 0.15) is 35.3 Å². The molecule has 1 aliphatic carbocycles. The lowest BCUT2D eigenvalue weighted by atomic mass is 9.74. The summed E-state index contributed by atoms with van der Waals surface area (Å²) in [6.07, 6.45) is 5.89. The molecule has 21 heavy (non-hydrogen) atoms. The van der Waals surface area contributed by atoms with E-state index >= 15 is 0 Å². The maximum atomic E-state index is 12.4. The van der Waals surface area contributed by atoms with Gasteiger partial charge in [-0.2, -0.15) is 0 Å². The monoisotopic (exact) mass is 302 g/mol. The van der Waals surface area contributed by atoms with Crippen LogP contribution in [0, 0.1) is 0 Å². The maximum Gasteiger partial charge on any atom is 0.253 e. The van der Waals surface area contributed by atoms with Crippen LogP contribution in [0.5, 0.6) is 0 Å². The summed E-state index contributed by atoms with van der Waals surface area (Å²) in [6.45, 7) is 0. The Labute approximate surface area is 127 Å². The van der Waals surface area contributed by atoms with Gasteiger partial charge in [-0.25, -0.2) is 4.98 Å². The van der Waals surface area contributed by atoms with Crippen molar-refractivity contribution in [2.45, 2.75) is 24.8 Å². The summed E-state index contributed by atoms with van der Waals surface area (Å²) < 4.78 is 0. The van der Waals surface area contributed by atoms with Gasteiger partial charge in [-0.3, -0.25) is 9.78 Å². The minimum absolute atomic E-state index is 0.169. The Morgan fingerprint density at radius 1 is 1.19 bits per heavy atom. The molecular weight excluding hydrogens is 288 g/mol. The summed E-state index contributed by atoms with van der Waals surface area (Å²) in [5.41, 5.74) is 7.21. The summed E-state index contributed by atoms with van der Waals surface area (Å²) in [4.78, 5) is 20.6. The first kappa shape index (κ1) is 13.8. The second-order valence-corrected chi connectivity index (χ2v) is 5.62. The zero-order chi connectivity index (χ0) is 14.9. The number of rotatable bonds is 3. The second kappa shape index (κ2) is 5.33. The van der Waals surface area contributed by atoms with E-state index in [4.69, 9.17) is 17.3 Å². The molecule has 1 fully saturated rings.